The quantitative estimate of drug-likeness (QED) is 0.825. The molecular formula is C13H21FN2O. The number of aliphatic hydroxyl groups excluding tert-OH is 1. The van der Waals surface area contributed by atoms with Gasteiger partial charge in [0.25, 0.3) is 0 Å². The molecule has 0 aliphatic heterocycles. The number of nitrogens with one attached hydrogen (secondary N) is 1. The number of aliphatic hydroxyl groups is 1. The molecule has 0 fully saturated rings. The van der Waals surface area contributed by atoms with Crippen LogP contribution >= 0.6 is 0 Å². The smallest absolute Gasteiger partial charge is 0.125 e. The summed E-state index contributed by atoms with van der Waals surface area (Å²) in [6.45, 7) is 4.26. The molecule has 2 N–H and O–H groups in total. The zero-order valence-electron chi connectivity index (χ0n) is 10.9. The van der Waals surface area contributed by atoms with Crippen LogP contribution in [0.1, 0.15) is 25.5 Å². The molecule has 0 heterocycles. The Balaban J connectivity index is 2.88. The topological polar surface area (TPSA) is 35.5 Å². The Kier molecular flexibility index (Phi) is 4.90. The highest BCUT2D eigenvalue weighted by molar-refractivity contribution is 5.54. The molecule has 96 valence electrons. The molecule has 0 spiro atoms. The van der Waals surface area contributed by atoms with Crippen molar-refractivity contribution < 1.29 is 9.50 Å². The van der Waals surface area contributed by atoms with Crippen molar-refractivity contribution in [3.8, 4) is 0 Å². The van der Waals surface area contributed by atoms with Gasteiger partial charge in [-0.1, -0.05) is 6.07 Å². The second kappa shape index (κ2) is 5.98. The molecule has 4 heteroatoms. The van der Waals surface area contributed by atoms with E-state index in [0.717, 1.165) is 11.3 Å². The summed E-state index contributed by atoms with van der Waals surface area (Å²) >= 11 is 0. The van der Waals surface area contributed by atoms with Gasteiger partial charge >= 0.3 is 0 Å². The van der Waals surface area contributed by atoms with Gasteiger partial charge in [0.2, 0.25) is 0 Å². The van der Waals surface area contributed by atoms with Crippen LogP contribution in [0.15, 0.2) is 18.2 Å². The Morgan fingerprint density at radius 1 is 1.35 bits per heavy atom. The van der Waals surface area contributed by atoms with Crippen LogP contribution in [0, 0.1) is 5.82 Å². The number of halogens is 1. The van der Waals surface area contributed by atoms with Crippen LogP contribution in [0.3, 0.4) is 0 Å². The van der Waals surface area contributed by atoms with Gasteiger partial charge in [-0.25, -0.2) is 4.39 Å². The van der Waals surface area contributed by atoms with Gasteiger partial charge in [0.05, 0.1) is 6.10 Å². The molecule has 3 nitrogen and oxygen atoms in total. The van der Waals surface area contributed by atoms with Gasteiger partial charge < -0.3 is 15.3 Å². The third-order valence-corrected chi connectivity index (χ3v) is 2.66. The van der Waals surface area contributed by atoms with Crippen molar-refractivity contribution in [3.63, 3.8) is 0 Å². The fourth-order valence-corrected chi connectivity index (χ4v) is 1.73. The van der Waals surface area contributed by atoms with E-state index in [1.807, 2.05) is 25.9 Å². The predicted molar refractivity (Wildman–Crippen MR) is 68.8 cm³/mol. The molecule has 1 aromatic carbocycles. The number of rotatable bonds is 5. The number of nitrogens with zero attached hydrogens (tertiary/aromatic N) is 1. The van der Waals surface area contributed by atoms with E-state index >= 15 is 0 Å². The number of anilines is 1. The maximum Gasteiger partial charge on any atom is 0.125 e. The molecular weight excluding hydrogens is 219 g/mol. The van der Waals surface area contributed by atoms with Crippen LogP contribution in [-0.2, 0) is 0 Å². The second-order valence-corrected chi connectivity index (χ2v) is 4.58. The second-order valence-electron chi connectivity index (χ2n) is 4.58. The summed E-state index contributed by atoms with van der Waals surface area (Å²) in [6, 6.07) is 4.84. The van der Waals surface area contributed by atoms with E-state index in [1.54, 1.807) is 13.0 Å². The lowest BCUT2D eigenvalue weighted by Crippen LogP contribution is -2.28. The van der Waals surface area contributed by atoms with Crippen LogP contribution in [0.25, 0.3) is 0 Å². The lowest BCUT2D eigenvalue weighted by Gasteiger charge is -2.23. The van der Waals surface area contributed by atoms with Gasteiger partial charge in [-0.15, -0.1) is 0 Å². The first-order valence-electron chi connectivity index (χ1n) is 5.80. The zero-order valence-corrected chi connectivity index (χ0v) is 10.9. The van der Waals surface area contributed by atoms with Crippen LogP contribution in [-0.4, -0.2) is 31.9 Å². The number of hydrogen-bond acceptors (Lipinski definition) is 3. The largest absolute Gasteiger partial charge is 0.392 e. The van der Waals surface area contributed by atoms with Gasteiger partial charge in [0, 0.05) is 32.4 Å². The molecule has 0 radical (unpaired) electrons. The van der Waals surface area contributed by atoms with Crippen LogP contribution < -0.4 is 10.2 Å². The van der Waals surface area contributed by atoms with Crippen molar-refractivity contribution in [3.05, 3.63) is 29.6 Å². The molecule has 0 saturated heterocycles. The SMILES string of the molecule is CC(O)CNC(C)c1ccc(F)cc1N(C)C. The average molecular weight is 240 g/mol. The molecule has 1 aromatic rings. The minimum atomic E-state index is -0.388. The Bertz CT molecular complexity index is 366. The first-order valence-corrected chi connectivity index (χ1v) is 5.80. The Hall–Kier alpha value is -1.13. The van der Waals surface area contributed by atoms with Crippen LogP contribution in [0.5, 0.6) is 0 Å². The highest BCUT2D eigenvalue weighted by Crippen LogP contribution is 2.25. The third-order valence-electron chi connectivity index (χ3n) is 2.66. The Morgan fingerprint density at radius 3 is 2.53 bits per heavy atom. The van der Waals surface area contributed by atoms with E-state index in [0.29, 0.717) is 6.54 Å². The molecule has 0 aliphatic carbocycles. The van der Waals surface area contributed by atoms with Gasteiger partial charge in [0.15, 0.2) is 0 Å². The highest BCUT2D eigenvalue weighted by atomic mass is 19.1. The summed E-state index contributed by atoms with van der Waals surface area (Å²) in [5.74, 6) is -0.236. The van der Waals surface area contributed by atoms with E-state index in [9.17, 15) is 9.50 Å². The Labute approximate surface area is 102 Å². The summed E-state index contributed by atoms with van der Waals surface area (Å²) in [6.07, 6.45) is -0.388. The van der Waals surface area contributed by atoms with Crippen molar-refractivity contribution >= 4 is 5.69 Å². The minimum absolute atomic E-state index is 0.0719. The molecule has 0 aliphatic rings. The van der Waals surface area contributed by atoms with E-state index in [1.165, 1.54) is 12.1 Å². The van der Waals surface area contributed by atoms with E-state index in [-0.39, 0.29) is 18.0 Å². The average Bonchev–Trinajstić information content (AvgIpc) is 2.25. The normalized spacial score (nSPS) is 14.5. The number of hydrogen-bond donors (Lipinski definition) is 2. The van der Waals surface area contributed by atoms with Crippen LogP contribution in [0.2, 0.25) is 0 Å². The van der Waals surface area contributed by atoms with E-state index in [2.05, 4.69) is 5.32 Å². The lowest BCUT2D eigenvalue weighted by molar-refractivity contribution is 0.187. The van der Waals surface area contributed by atoms with E-state index < -0.39 is 0 Å². The summed E-state index contributed by atoms with van der Waals surface area (Å²) < 4.78 is 13.2. The molecule has 2 atom stereocenters. The van der Waals surface area contributed by atoms with E-state index in [4.69, 9.17) is 0 Å². The van der Waals surface area contributed by atoms with Gasteiger partial charge in [0.1, 0.15) is 5.82 Å². The van der Waals surface area contributed by atoms with Crippen LogP contribution in [0.4, 0.5) is 10.1 Å². The maximum atomic E-state index is 13.2. The van der Waals surface area contributed by atoms with Gasteiger partial charge in [-0.3, -0.25) is 0 Å². The fourth-order valence-electron chi connectivity index (χ4n) is 1.73. The molecule has 0 amide bonds. The molecule has 0 aromatic heterocycles. The van der Waals surface area contributed by atoms with Crippen molar-refractivity contribution in [1.82, 2.24) is 5.32 Å². The van der Waals surface area contributed by atoms with Crippen molar-refractivity contribution in [2.75, 3.05) is 25.5 Å². The predicted octanol–water partition coefficient (Wildman–Crippen LogP) is 1.92. The summed E-state index contributed by atoms with van der Waals surface area (Å²) in [5.41, 5.74) is 1.88. The zero-order chi connectivity index (χ0) is 13.0. The first-order chi connectivity index (χ1) is 7.91. The lowest BCUT2D eigenvalue weighted by atomic mass is 10.0. The highest BCUT2D eigenvalue weighted by Gasteiger charge is 2.13. The van der Waals surface area contributed by atoms with Gasteiger partial charge in [-0.2, -0.15) is 0 Å². The molecule has 0 bridgehead atoms. The molecule has 1 rings (SSSR count). The third kappa shape index (κ3) is 3.98. The first kappa shape index (κ1) is 13.9. The van der Waals surface area contributed by atoms with Crippen molar-refractivity contribution in [2.45, 2.75) is 26.0 Å². The van der Waals surface area contributed by atoms with Gasteiger partial charge in [-0.05, 0) is 31.5 Å². The van der Waals surface area contributed by atoms with Crippen molar-refractivity contribution in [2.24, 2.45) is 0 Å². The summed E-state index contributed by atoms with van der Waals surface area (Å²) in [7, 11) is 3.78. The summed E-state index contributed by atoms with van der Waals surface area (Å²) in [5, 5.41) is 12.5. The van der Waals surface area contributed by atoms with Crippen molar-refractivity contribution in [1.29, 1.82) is 0 Å². The standard InChI is InChI=1S/C13H21FN2O/c1-9(17)8-15-10(2)12-6-5-11(14)7-13(12)16(3)4/h5-7,9-10,15,17H,8H2,1-4H3. The molecule has 17 heavy (non-hydrogen) atoms. The fraction of sp³-hybridized carbons (Fsp3) is 0.538. The molecule has 0 saturated carbocycles. The maximum absolute atomic E-state index is 13.2. The number of benzene rings is 1. The molecule has 2 unspecified atom stereocenters. The monoisotopic (exact) mass is 240 g/mol. The summed E-state index contributed by atoms with van der Waals surface area (Å²) in [4.78, 5) is 1.89. The minimum Gasteiger partial charge on any atom is -0.392 e. The Morgan fingerprint density at radius 2 is 2.00 bits per heavy atom.